The molecule has 1 atom stereocenters. The standard InChI is InChI=1S/C11H21N3O2/c1-2-6-13-9-4-3-7-14(11(9)16)8-5-10(12)15/h9,13H,2-8H2,1H3,(H2,12,15). The zero-order chi connectivity index (χ0) is 12.0. The van der Waals surface area contributed by atoms with Crippen LogP contribution < -0.4 is 11.1 Å². The van der Waals surface area contributed by atoms with Crippen molar-refractivity contribution >= 4 is 11.8 Å². The molecule has 1 heterocycles. The number of likely N-dealkylation sites (tertiary alicyclic amines) is 1. The molecule has 5 heteroatoms. The van der Waals surface area contributed by atoms with Crippen LogP contribution in [0.15, 0.2) is 0 Å². The first-order chi connectivity index (χ1) is 7.65. The van der Waals surface area contributed by atoms with Gasteiger partial charge >= 0.3 is 0 Å². The summed E-state index contributed by atoms with van der Waals surface area (Å²) in [4.78, 5) is 24.4. The number of primary amides is 1. The number of rotatable bonds is 6. The van der Waals surface area contributed by atoms with Crippen LogP contribution in [-0.4, -0.2) is 42.4 Å². The summed E-state index contributed by atoms with van der Waals surface area (Å²) in [6.45, 7) is 4.14. The highest BCUT2D eigenvalue weighted by molar-refractivity contribution is 5.83. The maximum atomic E-state index is 12.0. The number of amides is 2. The predicted molar refractivity (Wildman–Crippen MR) is 61.7 cm³/mol. The fourth-order valence-electron chi connectivity index (χ4n) is 1.92. The van der Waals surface area contributed by atoms with E-state index in [4.69, 9.17) is 5.73 Å². The second kappa shape index (κ2) is 6.48. The van der Waals surface area contributed by atoms with Gasteiger partial charge < -0.3 is 16.0 Å². The van der Waals surface area contributed by atoms with E-state index in [-0.39, 0.29) is 24.3 Å². The molecular weight excluding hydrogens is 206 g/mol. The van der Waals surface area contributed by atoms with E-state index in [0.717, 1.165) is 32.4 Å². The number of piperidine rings is 1. The summed E-state index contributed by atoms with van der Waals surface area (Å²) in [6.07, 6.45) is 3.16. The van der Waals surface area contributed by atoms with Gasteiger partial charge in [0.05, 0.1) is 6.04 Å². The molecule has 2 amide bonds. The molecule has 1 saturated heterocycles. The molecule has 1 fully saturated rings. The predicted octanol–water partition coefficient (Wildman–Crippen LogP) is -0.148. The lowest BCUT2D eigenvalue weighted by atomic mass is 10.0. The quantitative estimate of drug-likeness (QED) is 0.662. The second-order valence-corrected chi connectivity index (χ2v) is 4.19. The van der Waals surface area contributed by atoms with Gasteiger partial charge in [0.15, 0.2) is 0 Å². The average Bonchev–Trinajstić information content (AvgIpc) is 2.26. The minimum atomic E-state index is -0.351. The molecule has 92 valence electrons. The van der Waals surface area contributed by atoms with Crippen molar-refractivity contribution in [3.8, 4) is 0 Å². The number of nitrogens with zero attached hydrogens (tertiary/aromatic N) is 1. The Hall–Kier alpha value is -1.10. The van der Waals surface area contributed by atoms with Gasteiger partial charge in [-0.15, -0.1) is 0 Å². The van der Waals surface area contributed by atoms with Gasteiger partial charge in [0.2, 0.25) is 11.8 Å². The van der Waals surface area contributed by atoms with Crippen LogP contribution in [0.1, 0.15) is 32.6 Å². The molecule has 0 aromatic carbocycles. The molecule has 1 aliphatic rings. The van der Waals surface area contributed by atoms with Crippen molar-refractivity contribution in [1.82, 2.24) is 10.2 Å². The summed E-state index contributed by atoms with van der Waals surface area (Å²) in [5.74, 6) is -0.239. The Morgan fingerprint density at radius 1 is 1.62 bits per heavy atom. The number of nitrogens with two attached hydrogens (primary N) is 1. The molecular formula is C11H21N3O2. The van der Waals surface area contributed by atoms with E-state index >= 15 is 0 Å². The van der Waals surface area contributed by atoms with Gasteiger partial charge in [-0.3, -0.25) is 9.59 Å². The Morgan fingerprint density at radius 2 is 2.38 bits per heavy atom. The molecule has 0 aliphatic carbocycles. The first-order valence-electron chi connectivity index (χ1n) is 5.95. The molecule has 0 saturated carbocycles. The summed E-state index contributed by atoms with van der Waals surface area (Å²) >= 11 is 0. The third-order valence-electron chi connectivity index (χ3n) is 2.80. The summed E-state index contributed by atoms with van der Waals surface area (Å²) in [5, 5.41) is 3.23. The topological polar surface area (TPSA) is 75.4 Å². The highest BCUT2D eigenvalue weighted by Crippen LogP contribution is 2.12. The first kappa shape index (κ1) is 13.0. The van der Waals surface area contributed by atoms with Crippen LogP contribution in [0.2, 0.25) is 0 Å². The highest BCUT2D eigenvalue weighted by atomic mass is 16.2. The summed E-state index contributed by atoms with van der Waals surface area (Å²) in [5.41, 5.74) is 5.08. The first-order valence-corrected chi connectivity index (χ1v) is 5.95. The number of carbonyl (C=O) groups excluding carboxylic acids is 2. The van der Waals surface area contributed by atoms with Crippen LogP contribution in [0.3, 0.4) is 0 Å². The number of hydrogen-bond donors (Lipinski definition) is 2. The SMILES string of the molecule is CCCNC1CCCN(CCC(N)=O)C1=O. The van der Waals surface area contributed by atoms with Crippen molar-refractivity contribution in [2.75, 3.05) is 19.6 Å². The summed E-state index contributed by atoms with van der Waals surface area (Å²) < 4.78 is 0. The average molecular weight is 227 g/mol. The third-order valence-corrected chi connectivity index (χ3v) is 2.80. The molecule has 3 N–H and O–H groups in total. The third kappa shape index (κ3) is 3.81. The van der Waals surface area contributed by atoms with Crippen LogP contribution in [0.4, 0.5) is 0 Å². The van der Waals surface area contributed by atoms with E-state index in [1.807, 2.05) is 0 Å². The number of nitrogens with one attached hydrogen (secondary N) is 1. The smallest absolute Gasteiger partial charge is 0.239 e. The van der Waals surface area contributed by atoms with E-state index in [1.54, 1.807) is 4.90 Å². The lowest BCUT2D eigenvalue weighted by Crippen LogP contribution is -2.51. The van der Waals surface area contributed by atoms with Crippen LogP contribution in [0, 0.1) is 0 Å². The molecule has 16 heavy (non-hydrogen) atoms. The van der Waals surface area contributed by atoms with Crippen molar-refractivity contribution < 1.29 is 9.59 Å². The summed E-state index contributed by atoms with van der Waals surface area (Å²) in [6, 6.07) is -0.0680. The van der Waals surface area contributed by atoms with Gasteiger partial charge in [0, 0.05) is 19.5 Å². The fourth-order valence-corrected chi connectivity index (χ4v) is 1.92. The Kier molecular flexibility index (Phi) is 5.25. The van der Waals surface area contributed by atoms with Crippen molar-refractivity contribution in [3.05, 3.63) is 0 Å². The van der Waals surface area contributed by atoms with Gasteiger partial charge in [-0.1, -0.05) is 6.92 Å². The maximum Gasteiger partial charge on any atom is 0.239 e. The van der Waals surface area contributed by atoms with E-state index in [2.05, 4.69) is 12.2 Å². The molecule has 0 aromatic rings. The van der Waals surface area contributed by atoms with Gasteiger partial charge in [-0.2, -0.15) is 0 Å². The van der Waals surface area contributed by atoms with E-state index in [0.29, 0.717) is 6.54 Å². The summed E-state index contributed by atoms with van der Waals surface area (Å²) in [7, 11) is 0. The monoisotopic (exact) mass is 227 g/mol. The van der Waals surface area contributed by atoms with Gasteiger partial charge in [0.1, 0.15) is 0 Å². The molecule has 0 bridgehead atoms. The normalized spacial score (nSPS) is 21.2. The maximum absolute atomic E-state index is 12.0. The van der Waals surface area contributed by atoms with Gasteiger partial charge in [-0.25, -0.2) is 0 Å². The van der Waals surface area contributed by atoms with E-state index in [9.17, 15) is 9.59 Å². The fraction of sp³-hybridized carbons (Fsp3) is 0.818. The van der Waals surface area contributed by atoms with Crippen molar-refractivity contribution in [1.29, 1.82) is 0 Å². The van der Waals surface area contributed by atoms with E-state index < -0.39 is 0 Å². The highest BCUT2D eigenvalue weighted by Gasteiger charge is 2.27. The van der Waals surface area contributed by atoms with E-state index in [1.165, 1.54) is 0 Å². The number of hydrogen-bond acceptors (Lipinski definition) is 3. The van der Waals surface area contributed by atoms with Crippen LogP contribution in [0.25, 0.3) is 0 Å². The lowest BCUT2D eigenvalue weighted by molar-refractivity contribution is -0.136. The van der Waals surface area contributed by atoms with Crippen LogP contribution in [-0.2, 0) is 9.59 Å². The van der Waals surface area contributed by atoms with Crippen molar-refractivity contribution in [2.24, 2.45) is 5.73 Å². The molecule has 1 unspecified atom stereocenters. The second-order valence-electron chi connectivity index (χ2n) is 4.19. The Bertz CT molecular complexity index is 256. The zero-order valence-corrected chi connectivity index (χ0v) is 9.87. The zero-order valence-electron chi connectivity index (χ0n) is 9.87. The Morgan fingerprint density at radius 3 is 3.00 bits per heavy atom. The van der Waals surface area contributed by atoms with Crippen LogP contribution >= 0.6 is 0 Å². The minimum Gasteiger partial charge on any atom is -0.370 e. The molecule has 1 rings (SSSR count). The number of carbonyl (C=O) groups is 2. The molecule has 5 nitrogen and oxygen atoms in total. The largest absolute Gasteiger partial charge is 0.370 e. The Balaban J connectivity index is 2.40. The minimum absolute atomic E-state index is 0.0680. The molecule has 0 aromatic heterocycles. The van der Waals surface area contributed by atoms with Gasteiger partial charge in [0.25, 0.3) is 0 Å². The van der Waals surface area contributed by atoms with Crippen molar-refractivity contribution in [3.63, 3.8) is 0 Å². The molecule has 1 aliphatic heterocycles. The lowest BCUT2D eigenvalue weighted by Gasteiger charge is -2.32. The molecule has 0 radical (unpaired) electrons. The molecule has 0 spiro atoms. The van der Waals surface area contributed by atoms with Gasteiger partial charge in [-0.05, 0) is 25.8 Å². The Labute approximate surface area is 96.4 Å². The van der Waals surface area contributed by atoms with Crippen LogP contribution in [0.5, 0.6) is 0 Å². The van der Waals surface area contributed by atoms with Crippen molar-refractivity contribution in [2.45, 2.75) is 38.6 Å².